The van der Waals surface area contributed by atoms with E-state index in [1.165, 1.54) is 5.56 Å². The summed E-state index contributed by atoms with van der Waals surface area (Å²) in [5.41, 5.74) is 2.24. The number of hydrogen-bond donors (Lipinski definition) is 1. The van der Waals surface area contributed by atoms with Crippen LogP contribution in [0.25, 0.3) is 0 Å². The zero-order valence-corrected chi connectivity index (χ0v) is 13.2. The molecular weight excluding hydrogens is 284 g/mol. The molecule has 0 aromatic heterocycles. The molecule has 1 aromatic carbocycles. The topological polar surface area (TPSA) is 38.7 Å². The van der Waals surface area contributed by atoms with E-state index in [1.54, 1.807) is 7.11 Å². The molecule has 1 heterocycles. The Bertz CT molecular complexity index is 498. The number of aliphatic hydroxyl groups excluding tert-OH is 1. The highest BCUT2D eigenvalue weighted by atomic mass is 32.2. The Balaban J connectivity index is 2.05. The molecule has 0 unspecified atom stereocenters. The standard InChI is InChI=1S/C17H22O3S/c1-19-16-6-5-14(4-2-3-9-18)15(12-16)13-21-17-7-10-20-11-8-17/h5-6,12,17-18H,3,7-11,13H2,1H3. The van der Waals surface area contributed by atoms with Gasteiger partial charge in [0.2, 0.25) is 0 Å². The zero-order valence-electron chi connectivity index (χ0n) is 12.4. The molecule has 1 fully saturated rings. The lowest BCUT2D eigenvalue weighted by Gasteiger charge is -2.21. The van der Waals surface area contributed by atoms with Gasteiger partial charge in [-0.3, -0.25) is 0 Å². The second kappa shape index (κ2) is 8.99. The van der Waals surface area contributed by atoms with Crippen LogP contribution in [0.5, 0.6) is 5.75 Å². The average Bonchev–Trinajstić information content (AvgIpc) is 2.55. The van der Waals surface area contributed by atoms with Crippen LogP contribution in [0.4, 0.5) is 0 Å². The fraction of sp³-hybridized carbons (Fsp3) is 0.529. The van der Waals surface area contributed by atoms with Crippen LogP contribution in [-0.2, 0) is 10.5 Å². The van der Waals surface area contributed by atoms with Crippen LogP contribution in [0.1, 0.15) is 30.4 Å². The van der Waals surface area contributed by atoms with Gasteiger partial charge in [-0.2, -0.15) is 11.8 Å². The second-order valence-electron chi connectivity index (χ2n) is 4.92. The summed E-state index contributed by atoms with van der Waals surface area (Å²) >= 11 is 1.97. The van der Waals surface area contributed by atoms with Gasteiger partial charge in [-0.15, -0.1) is 0 Å². The van der Waals surface area contributed by atoms with Crippen molar-refractivity contribution < 1.29 is 14.6 Å². The molecular formula is C17H22O3S. The monoisotopic (exact) mass is 306 g/mol. The van der Waals surface area contributed by atoms with Crippen molar-refractivity contribution in [3.05, 3.63) is 29.3 Å². The quantitative estimate of drug-likeness (QED) is 0.849. The number of hydrogen-bond acceptors (Lipinski definition) is 4. The van der Waals surface area contributed by atoms with E-state index in [2.05, 4.69) is 17.9 Å². The maximum absolute atomic E-state index is 8.83. The van der Waals surface area contributed by atoms with Gasteiger partial charge in [0.05, 0.1) is 13.7 Å². The van der Waals surface area contributed by atoms with E-state index in [9.17, 15) is 0 Å². The van der Waals surface area contributed by atoms with Crippen LogP contribution in [0.3, 0.4) is 0 Å². The highest BCUT2D eigenvalue weighted by molar-refractivity contribution is 7.99. The van der Waals surface area contributed by atoms with E-state index >= 15 is 0 Å². The first-order chi connectivity index (χ1) is 10.3. The normalized spacial score (nSPS) is 15.3. The SMILES string of the molecule is COc1ccc(C#CCCO)c(CSC2CCOCC2)c1. The molecule has 3 nitrogen and oxygen atoms in total. The summed E-state index contributed by atoms with van der Waals surface area (Å²) in [5, 5.41) is 9.50. The molecule has 1 saturated heterocycles. The molecule has 1 aliphatic rings. The van der Waals surface area contributed by atoms with Gasteiger partial charge < -0.3 is 14.6 Å². The molecule has 21 heavy (non-hydrogen) atoms. The van der Waals surface area contributed by atoms with Crippen molar-refractivity contribution in [2.75, 3.05) is 26.9 Å². The minimum absolute atomic E-state index is 0.106. The molecule has 0 spiro atoms. The van der Waals surface area contributed by atoms with E-state index in [4.69, 9.17) is 14.6 Å². The summed E-state index contributed by atoms with van der Waals surface area (Å²) in [5.74, 6) is 7.95. The Kier molecular flexibility index (Phi) is 6.94. The van der Waals surface area contributed by atoms with Crippen molar-refractivity contribution in [2.45, 2.75) is 30.3 Å². The van der Waals surface area contributed by atoms with Crippen molar-refractivity contribution in [2.24, 2.45) is 0 Å². The Morgan fingerprint density at radius 3 is 2.90 bits per heavy atom. The molecule has 0 atom stereocenters. The van der Waals surface area contributed by atoms with Gasteiger partial charge in [0, 0.05) is 36.2 Å². The molecule has 2 rings (SSSR count). The molecule has 4 heteroatoms. The van der Waals surface area contributed by atoms with Gasteiger partial charge in [0.15, 0.2) is 0 Å². The molecule has 0 saturated carbocycles. The largest absolute Gasteiger partial charge is 0.497 e. The highest BCUT2D eigenvalue weighted by Gasteiger charge is 2.15. The number of ether oxygens (including phenoxy) is 2. The summed E-state index contributed by atoms with van der Waals surface area (Å²) in [6, 6.07) is 6.00. The minimum Gasteiger partial charge on any atom is -0.497 e. The van der Waals surface area contributed by atoms with Crippen LogP contribution in [0, 0.1) is 11.8 Å². The molecule has 1 aromatic rings. The lowest BCUT2D eigenvalue weighted by atomic mass is 10.1. The van der Waals surface area contributed by atoms with Crippen molar-refractivity contribution in [3.63, 3.8) is 0 Å². The fourth-order valence-corrected chi connectivity index (χ4v) is 3.38. The van der Waals surface area contributed by atoms with Crippen molar-refractivity contribution >= 4 is 11.8 Å². The second-order valence-corrected chi connectivity index (χ2v) is 6.21. The number of rotatable bonds is 5. The Labute approximate surface area is 131 Å². The van der Waals surface area contributed by atoms with Gasteiger partial charge in [0.1, 0.15) is 5.75 Å². The zero-order chi connectivity index (χ0) is 14.9. The fourth-order valence-electron chi connectivity index (χ4n) is 2.20. The third-order valence-corrected chi connectivity index (χ3v) is 4.84. The Morgan fingerprint density at radius 2 is 2.19 bits per heavy atom. The molecule has 0 radical (unpaired) electrons. The van der Waals surface area contributed by atoms with Crippen molar-refractivity contribution in [1.29, 1.82) is 0 Å². The van der Waals surface area contributed by atoms with Crippen LogP contribution >= 0.6 is 11.8 Å². The van der Waals surface area contributed by atoms with Gasteiger partial charge in [-0.25, -0.2) is 0 Å². The average molecular weight is 306 g/mol. The number of thioether (sulfide) groups is 1. The third-order valence-electron chi connectivity index (χ3n) is 3.42. The highest BCUT2D eigenvalue weighted by Crippen LogP contribution is 2.28. The van der Waals surface area contributed by atoms with Gasteiger partial charge in [0.25, 0.3) is 0 Å². The van der Waals surface area contributed by atoms with E-state index in [-0.39, 0.29) is 6.61 Å². The summed E-state index contributed by atoms with van der Waals surface area (Å²) in [6.45, 7) is 1.85. The summed E-state index contributed by atoms with van der Waals surface area (Å²) in [4.78, 5) is 0. The third kappa shape index (κ3) is 5.28. The Hall–Kier alpha value is -1.15. The van der Waals surface area contributed by atoms with Gasteiger partial charge in [-0.05, 0) is 36.6 Å². The van der Waals surface area contributed by atoms with Gasteiger partial charge >= 0.3 is 0 Å². The minimum atomic E-state index is 0.106. The smallest absolute Gasteiger partial charge is 0.119 e. The lowest BCUT2D eigenvalue weighted by Crippen LogP contribution is -2.17. The molecule has 1 N–H and O–H groups in total. The summed E-state index contributed by atoms with van der Waals surface area (Å²) in [7, 11) is 1.68. The molecule has 1 aliphatic heterocycles. The van der Waals surface area contributed by atoms with Crippen LogP contribution in [0.2, 0.25) is 0 Å². The molecule has 114 valence electrons. The van der Waals surface area contributed by atoms with E-state index < -0.39 is 0 Å². The van der Waals surface area contributed by atoms with Crippen LogP contribution in [0.15, 0.2) is 18.2 Å². The van der Waals surface area contributed by atoms with Crippen LogP contribution in [-0.4, -0.2) is 37.3 Å². The molecule has 0 aliphatic carbocycles. The Morgan fingerprint density at radius 1 is 1.38 bits per heavy atom. The number of methoxy groups -OCH3 is 1. The van der Waals surface area contributed by atoms with Crippen molar-refractivity contribution in [1.82, 2.24) is 0 Å². The van der Waals surface area contributed by atoms with Crippen LogP contribution < -0.4 is 4.74 Å². The van der Waals surface area contributed by atoms with Crippen molar-refractivity contribution in [3.8, 4) is 17.6 Å². The maximum Gasteiger partial charge on any atom is 0.119 e. The van der Waals surface area contributed by atoms with Gasteiger partial charge in [-0.1, -0.05) is 11.8 Å². The summed E-state index contributed by atoms with van der Waals surface area (Å²) in [6.07, 6.45) is 2.76. The first kappa shape index (κ1) is 16.2. The van der Waals surface area contributed by atoms with E-state index in [1.807, 2.05) is 23.9 Å². The van der Waals surface area contributed by atoms with E-state index in [0.717, 1.165) is 43.1 Å². The lowest BCUT2D eigenvalue weighted by molar-refractivity contribution is 0.1000. The predicted octanol–water partition coefficient (Wildman–Crippen LogP) is 2.84. The number of benzene rings is 1. The predicted molar refractivity (Wildman–Crippen MR) is 86.7 cm³/mol. The van der Waals surface area contributed by atoms with E-state index in [0.29, 0.717) is 11.7 Å². The first-order valence-electron chi connectivity index (χ1n) is 7.29. The first-order valence-corrected chi connectivity index (χ1v) is 8.34. The molecule has 0 amide bonds. The molecule has 0 bridgehead atoms. The summed E-state index contributed by atoms with van der Waals surface area (Å²) < 4.78 is 10.7. The number of aliphatic hydroxyl groups is 1. The maximum atomic E-state index is 8.83.